The summed E-state index contributed by atoms with van der Waals surface area (Å²) in [6.45, 7) is 4.88. The molecule has 0 amide bonds. The molecule has 13 heavy (non-hydrogen) atoms. The standard InChI is InChI=1S/C11H17NO/c1-3-9(2)13-8-10-4-6-11(12)7-5-10/h4-7,9H,3,8,12H2,1-2H3. The van der Waals surface area contributed by atoms with E-state index in [0.717, 1.165) is 12.1 Å². The molecule has 0 saturated carbocycles. The van der Waals surface area contributed by atoms with Gasteiger partial charge in [-0.05, 0) is 31.0 Å². The molecule has 1 aromatic carbocycles. The van der Waals surface area contributed by atoms with Gasteiger partial charge in [0.15, 0.2) is 0 Å². The van der Waals surface area contributed by atoms with Crippen molar-refractivity contribution in [2.75, 3.05) is 5.73 Å². The van der Waals surface area contributed by atoms with E-state index in [1.165, 1.54) is 5.56 Å². The normalized spacial score (nSPS) is 12.8. The lowest BCUT2D eigenvalue weighted by molar-refractivity contribution is 0.0508. The molecule has 0 heterocycles. The van der Waals surface area contributed by atoms with Crippen LogP contribution < -0.4 is 5.73 Å². The van der Waals surface area contributed by atoms with Gasteiger partial charge in [-0.15, -0.1) is 0 Å². The Balaban J connectivity index is 2.41. The summed E-state index contributed by atoms with van der Waals surface area (Å²) in [5.74, 6) is 0. The van der Waals surface area contributed by atoms with Gasteiger partial charge in [0.25, 0.3) is 0 Å². The van der Waals surface area contributed by atoms with Crippen molar-refractivity contribution in [2.45, 2.75) is 33.0 Å². The zero-order valence-electron chi connectivity index (χ0n) is 8.29. The predicted octanol–water partition coefficient (Wildman–Crippen LogP) is 2.58. The number of nitrogens with two attached hydrogens (primary N) is 1. The van der Waals surface area contributed by atoms with Gasteiger partial charge in [0.2, 0.25) is 0 Å². The first-order chi connectivity index (χ1) is 6.22. The topological polar surface area (TPSA) is 35.2 Å². The van der Waals surface area contributed by atoms with E-state index in [2.05, 4.69) is 13.8 Å². The van der Waals surface area contributed by atoms with Crippen LogP contribution in [0.15, 0.2) is 24.3 Å². The number of rotatable bonds is 4. The molecule has 72 valence electrons. The van der Waals surface area contributed by atoms with Crippen LogP contribution in [-0.2, 0) is 11.3 Å². The van der Waals surface area contributed by atoms with Gasteiger partial charge >= 0.3 is 0 Å². The van der Waals surface area contributed by atoms with Crippen LogP contribution >= 0.6 is 0 Å². The van der Waals surface area contributed by atoms with E-state index >= 15 is 0 Å². The molecule has 2 nitrogen and oxygen atoms in total. The van der Waals surface area contributed by atoms with Crippen molar-refractivity contribution in [1.82, 2.24) is 0 Å². The lowest BCUT2D eigenvalue weighted by Gasteiger charge is -2.10. The smallest absolute Gasteiger partial charge is 0.0720 e. The van der Waals surface area contributed by atoms with Gasteiger partial charge in [-0.25, -0.2) is 0 Å². The zero-order valence-corrected chi connectivity index (χ0v) is 8.29. The van der Waals surface area contributed by atoms with Gasteiger partial charge in [0.05, 0.1) is 12.7 Å². The molecule has 1 unspecified atom stereocenters. The van der Waals surface area contributed by atoms with E-state index < -0.39 is 0 Å². The fourth-order valence-corrected chi connectivity index (χ4v) is 0.970. The Bertz CT molecular complexity index is 243. The minimum absolute atomic E-state index is 0.331. The SMILES string of the molecule is CCC(C)OCc1ccc(N)cc1. The Morgan fingerprint density at radius 2 is 1.92 bits per heavy atom. The highest BCUT2D eigenvalue weighted by Gasteiger charge is 1.98. The average Bonchev–Trinajstić information content (AvgIpc) is 2.16. The molecule has 1 atom stereocenters. The maximum atomic E-state index is 5.58. The zero-order chi connectivity index (χ0) is 9.68. The van der Waals surface area contributed by atoms with E-state index in [4.69, 9.17) is 10.5 Å². The summed E-state index contributed by atoms with van der Waals surface area (Å²) in [4.78, 5) is 0. The second kappa shape index (κ2) is 4.87. The van der Waals surface area contributed by atoms with Crippen LogP contribution in [-0.4, -0.2) is 6.10 Å². The molecule has 0 fully saturated rings. The highest BCUT2D eigenvalue weighted by Crippen LogP contribution is 2.08. The number of hydrogen-bond acceptors (Lipinski definition) is 2. The first-order valence-electron chi connectivity index (χ1n) is 4.68. The maximum absolute atomic E-state index is 5.58. The van der Waals surface area contributed by atoms with E-state index in [0.29, 0.717) is 12.7 Å². The number of anilines is 1. The van der Waals surface area contributed by atoms with Crippen molar-refractivity contribution >= 4 is 5.69 Å². The fourth-order valence-electron chi connectivity index (χ4n) is 0.970. The molecular formula is C11H17NO. The van der Waals surface area contributed by atoms with Gasteiger partial charge in [-0.3, -0.25) is 0 Å². The van der Waals surface area contributed by atoms with E-state index in [1.807, 2.05) is 24.3 Å². The van der Waals surface area contributed by atoms with Crippen LogP contribution in [0.5, 0.6) is 0 Å². The van der Waals surface area contributed by atoms with Crippen molar-refractivity contribution < 1.29 is 4.74 Å². The Labute approximate surface area is 79.7 Å². The number of ether oxygens (including phenoxy) is 1. The summed E-state index contributed by atoms with van der Waals surface area (Å²) in [6, 6.07) is 7.79. The van der Waals surface area contributed by atoms with Crippen LogP contribution in [0.2, 0.25) is 0 Å². The van der Waals surface area contributed by atoms with E-state index in [9.17, 15) is 0 Å². The van der Waals surface area contributed by atoms with Crippen molar-refractivity contribution in [3.63, 3.8) is 0 Å². The predicted molar refractivity (Wildman–Crippen MR) is 55.4 cm³/mol. The van der Waals surface area contributed by atoms with Gasteiger partial charge in [-0.1, -0.05) is 19.1 Å². The second-order valence-corrected chi connectivity index (χ2v) is 3.27. The molecule has 0 aliphatic carbocycles. The molecule has 2 heteroatoms. The van der Waals surface area contributed by atoms with Crippen molar-refractivity contribution in [3.05, 3.63) is 29.8 Å². The van der Waals surface area contributed by atoms with E-state index in [-0.39, 0.29) is 0 Å². The van der Waals surface area contributed by atoms with Gasteiger partial charge in [0, 0.05) is 5.69 Å². The summed E-state index contributed by atoms with van der Waals surface area (Å²) >= 11 is 0. The van der Waals surface area contributed by atoms with E-state index in [1.54, 1.807) is 0 Å². The Kier molecular flexibility index (Phi) is 3.77. The summed E-state index contributed by atoms with van der Waals surface area (Å²) in [6.07, 6.45) is 1.38. The van der Waals surface area contributed by atoms with Crippen molar-refractivity contribution in [2.24, 2.45) is 0 Å². The monoisotopic (exact) mass is 179 g/mol. The summed E-state index contributed by atoms with van der Waals surface area (Å²) in [5, 5.41) is 0. The summed E-state index contributed by atoms with van der Waals surface area (Å²) in [5.41, 5.74) is 7.54. The molecule has 0 radical (unpaired) electrons. The fraction of sp³-hybridized carbons (Fsp3) is 0.455. The lowest BCUT2D eigenvalue weighted by atomic mass is 10.2. The molecule has 0 spiro atoms. The molecule has 0 aliphatic heterocycles. The quantitative estimate of drug-likeness (QED) is 0.721. The third-order valence-electron chi connectivity index (χ3n) is 2.09. The first kappa shape index (κ1) is 10.1. The highest BCUT2D eigenvalue weighted by atomic mass is 16.5. The van der Waals surface area contributed by atoms with Crippen LogP contribution in [0.3, 0.4) is 0 Å². The summed E-state index contributed by atoms with van der Waals surface area (Å²) in [7, 11) is 0. The highest BCUT2D eigenvalue weighted by molar-refractivity contribution is 5.39. The van der Waals surface area contributed by atoms with Gasteiger partial charge in [-0.2, -0.15) is 0 Å². The largest absolute Gasteiger partial charge is 0.399 e. The molecule has 1 aromatic rings. The Morgan fingerprint density at radius 3 is 2.46 bits per heavy atom. The van der Waals surface area contributed by atoms with Gasteiger partial charge < -0.3 is 10.5 Å². The number of nitrogen functional groups attached to an aromatic ring is 1. The van der Waals surface area contributed by atoms with Crippen LogP contribution in [0.1, 0.15) is 25.8 Å². The van der Waals surface area contributed by atoms with Crippen molar-refractivity contribution in [3.8, 4) is 0 Å². The summed E-state index contributed by atoms with van der Waals surface area (Å²) < 4.78 is 5.58. The second-order valence-electron chi connectivity index (χ2n) is 3.27. The average molecular weight is 179 g/mol. The minimum atomic E-state index is 0.331. The van der Waals surface area contributed by atoms with Gasteiger partial charge in [0.1, 0.15) is 0 Å². The number of benzene rings is 1. The molecule has 2 N–H and O–H groups in total. The molecule has 0 aromatic heterocycles. The van der Waals surface area contributed by atoms with Crippen LogP contribution in [0.25, 0.3) is 0 Å². The third kappa shape index (κ3) is 3.47. The molecular weight excluding hydrogens is 162 g/mol. The first-order valence-corrected chi connectivity index (χ1v) is 4.68. The van der Waals surface area contributed by atoms with Crippen molar-refractivity contribution in [1.29, 1.82) is 0 Å². The van der Waals surface area contributed by atoms with Crippen LogP contribution in [0.4, 0.5) is 5.69 Å². The third-order valence-corrected chi connectivity index (χ3v) is 2.09. The molecule has 0 saturated heterocycles. The molecule has 0 bridgehead atoms. The van der Waals surface area contributed by atoms with Crippen LogP contribution in [0, 0.1) is 0 Å². The Hall–Kier alpha value is -1.02. The Morgan fingerprint density at radius 1 is 1.31 bits per heavy atom. The molecule has 1 rings (SSSR count). The lowest BCUT2D eigenvalue weighted by Crippen LogP contribution is -2.05. The minimum Gasteiger partial charge on any atom is -0.399 e. The molecule has 0 aliphatic rings. The maximum Gasteiger partial charge on any atom is 0.0720 e. The number of hydrogen-bond donors (Lipinski definition) is 1.